The Kier molecular flexibility index (Phi) is 7.17. The standard InChI is InChI=1S/C20H36N4O2/c1-2-21-19(22-11-13-26-17-8-5-3-4-6-9-17)24-12-7-10-20(16-24)14-18(25)23-15-20/h17H,2-16H2,1H3,(H,21,22)(H,23,25). The van der Waals surface area contributed by atoms with E-state index < -0.39 is 0 Å². The van der Waals surface area contributed by atoms with Crippen LogP contribution in [0.2, 0.25) is 0 Å². The molecule has 0 aromatic carbocycles. The Bertz CT molecular complexity index is 488. The molecule has 2 heterocycles. The van der Waals surface area contributed by atoms with Crippen molar-refractivity contribution in [1.82, 2.24) is 15.5 Å². The Morgan fingerprint density at radius 1 is 1.31 bits per heavy atom. The number of guanidine groups is 1. The van der Waals surface area contributed by atoms with E-state index in [0.717, 1.165) is 45.0 Å². The van der Waals surface area contributed by atoms with Crippen molar-refractivity contribution in [1.29, 1.82) is 0 Å². The SMILES string of the molecule is CCNC(=NCCOC1CCCCCC1)N1CCCC2(CNC(=O)C2)C1. The van der Waals surface area contributed by atoms with Crippen LogP contribution in [0, 0.1) is 5.41 Å². The number of nitrogens with zero attached hydrogens (tertiary/aromatic N) is 2. The molecule has 3 fully saturated rings. The van der Waals surface area contributed by atoms with E-state index in [1.54, 1.807) is 0 Å². The van der Waals surface area contributed by atoms with Crippen LogP contribution in [0.4, 0.5) is 0 Å². The number of piperidine rings is 1. The fourth-order valence-corrected chi connectivity index (χ4v) is 4.63. The van der Waals surface area contributed by atoms with Gasteiger partial charge >= 0.3 is 0 Å². The zero-order valence-electron chi connectivity index (χ0n) is 16.4. The van der Waals surface area contributed by atoms with Gasteiger partial charge in [-0.1, -0.05) is 25.7 Å². The van der Waals surface area contributed by atoms with Gasteiger partial charge in [0.15, 0.2) is 5.96 Å². The molecule has 3 aliphatic rings. The van der Waals surface area contributed by atoms with Gasteiger partial charge in [-0.05, 0) is 32.6 Å². The maximum Gasteiger partial charge on any atom is 0.220 e. The number of carbonyl (C=O) groups excluding carboxylic acids is 1. The van der Waals surface area contributed by atoms with Gasteiger partial charge in [-0.25, -0.2) is 0 Å². The Hall–Kier alpha value is -1.30. The van der Waals surface area contributed by atoms with Crippen LogP contribution in [0.1, 0.15) is 64.7 Å². The molecule has 1 unspecified atom stereocenters. The van der Waals surface area contributed by atoms with E-state index in [0.29, 0.717) is 25.7 Å². The van der Waals surface area contributed by atoms with Gasteiger partial charge in [0.05, 0.1) is 19.3 Å². The Morgan fingerprint density at radius 3 is 2.81 bits per heavy atom. The highest BCUT2D eigenvalue weighted by Gasteiger charge is 2.42. The largest absolute Gasteiger partial charge is 0.376 e. The number of hydrogen-bond donors (Lipinski definition) is 2. The molecule has 2 N–H and O–H groups in total. The number of amides is 1. The van der Waals surface area contributed by atoms with Crippen molar-refractivity contribution < 1.29 is 9.53 Å². The quantitative estimate of drug-likeness (QED) is 0.340. The third kappa shape index (κ3) is 5.35. The summed E-state index contributed by atoms with van der Waals surface area (Å²) in [4.78, 5) is 18.9. The lowest BCUT2D eigenvalue weighted by Crippen LogP contribution is -2.51. The molecule has 3 rings (SSSR count). The maximum atomic E-state index is 11.7. The third-order valence-electron chi connectivity index (χ3n) is 6.00. The number of likely N-dealkylation sites (tertiary alicyclic amines) is 1. The van der Waals surface area contributed by atoms with Crippen LogP contribution in [-0.4, -0.2) is 62.2 Å². The van der Waals surface area contributed by atoms with Crippen LogP contribution in [0.5, 0.6) is 0 Å². The number of aliphatic imine (C=N–C) groups is 1. The molecule has 1 atom stereocenters. The number of rotatable bonds is 5. The molecule has 26 heavy (non-hydrogen) atoms. The molecule has 6 heteroatoms. The van der Waals surface area contributed by atoms with Crippen LogP contribution < -0.4 is 10.6 Å². The van der Waals surface area contributed by atoms with Crippen molar-refractivity contribution in [3.05, 3.63) is 0 Å². The summed E-state index contributed by atoms with van der Waals surface area (Å²) in [5.74, 6) is 1.18. The van der Waals surface area contributed by atoms with E-state index in [-0.39, 0.29) is 11.3 Å². The first-order valence-electron chi connectivity index (χ1n) is 10.6. The molecule has 0 aromatic rings. The number of carbonyl (C=O) groups is 1. The second kappa shape index (κ2) is 9.58. The summed E-state index contributed by atoms with van der Waals surface area (Å²) in [6, 6.07) is 0. The summed E-state index contributed by atoms with van der Waals surface area (Å²) in [5, 5.41) is 6.45. The third-order valence-corrected chi connectivity index (χ3v) is 6.00. The molecule has 0 bridgehead atoms. The zero-order valence-corrected chi connectivity index (χ0v) is 16.4. The molecule has 1 amide bonds. The van der Waals surface area contributed by atoms with E-state index in [9.17, 15) is 4.79 Å². The van der Waals surface area contributed by atoms with Crippen LogP contribution in [0.3, 0.4) is 0 Å². The Morgan fingerprint density at radius 2 is 2.12 bits per heavy atom. The van der Waals surface area contributed by atoms with Gasteiger partial charge < -0.3 is 20.3 Å². The molecule has 1 aliphatic carbocycles. The molecule has 148 valence electrons. The lowest BCUT2D eigenvalue weighted by Gasteiger charge is -2.40. The fraction of sp³-hybridized carbons (Fsp3) is 0.900. The summed E-state index contributed by atoms with van der Waals surface area (Å²) >= 11 is 0. The summed E-state index contributed by atoms with van der Waals surface area (Å²) in [7, 11) is 0. The maximum absolute atomic E-state index is 11.7. The van der Waals surface area contributed by atoms with Crippen LogP contribution in [0.25, 0.3) is 0 Å². The highest BCUT2D eigenvalue weighted by atomic mass is 16.5. The average molecular weight is 365 g/mol. The molecule has 1 saturated carbocycles. The number of ether oxygens (including phenoxy) is 1. The van der Waals surface area contributed by atoms with Crippen LogP contribution >= 0.6 is 0 Å². The lowest BCUT2D eigenvalue weighted by molar-refractivity contribution is -0.119. The highest BCUT2D eigenvalue weighted by molar-refractivity contribution is 5.81. The first-order valence-corrected chi connectivity index (χ1v) is 10.6. The predicted octanol–water partition coefficient (Wildman–Crippen LogP) is 2.29. The first kappa shape index (κ1) is 19.5. The van der Waals surface area contributed by atoms with Crippen molar-refractivity contribution in [2.45, 2.75) is 70.8 Å². The van der Waals surface area contributed by atoms with Gasteiger partial charge in [-0.3, -0.25) is 9.79 Å². The Labute approximate surface area is 158 Å². The van der Waals surface area contributed by atoms with Crippen LogP contribution in [0.15, 0.2) is 4.99 Å². The first-order chi connectivity index (χ1) is 12.7. The van der Waals surface area contributed by atoms with Gasteiger partial charge in [0.1, 0.15) is 0 Å². The summed E-state index contributed by atoms with van der Waals surface area (Å²) < 4.78 is 6.08. The minimum atomic E-state index is 0.0996. The summed E-state index contributed by atoms with van der Waals surface area (Å²) in [5.41, 5.74) is 0.0996. The van der Waals surface area contributed by atoms with Gasteiger partial charge in [0.25, 0.3) is 0 Å². The zero-order chi connectivity index (χ0) is 18.2. The highest BCUT2D eigenvalue weighted by Crippen LogP contribution is 2.36. The van der Waals surface area contributed by atoms with E-state index in [4.69, 9.17) is 9.73 Å². The minimum Gasteiger partial charge on any atom is -0.376 e. The Balaban J connectivity index is 1.50. The molecule has 2 aliphatic heterocycles. The topological polar surface area (TPSA) is 66.0 Å². The smallest absolute Gasteiger partial charge is 0.220 e. The van der Waals surface area contributed by atoms with Crippen molar-refractivity contribution >= 4 is 11.9 Å². The predicted molar refractivity (Wildman–Crippen MR) is 104 cm³/mol. The second-order valence-corrected chi connectivity index (χ2v) is 8.20. The average Bonchev–Trinajstić information content (AvgIpc) is 2.85. The van der Waals surface area contributed by atoms with Gasteiger partial charge in [-0.15, -0.1) is 0 Å². The van der Waals surface area contributed by atoms with Gasteiger partial charge in [0.2, 0.25) is 5.91 Å². The number of hydrogen-bond acceptors (Lipinski definition) is 3. The van der Waals surface area contributed by atoms with Gasteiger partial charge in [-0.2, -0.15) is 0 Å². The fourth-order valence-electron chi connectivity index (χ4n) is 4.63. The molecule has 6 nitrogen and oxygen atoms in total. The van der Waals surface area contributed by atoms with Gasteiger partial charge in [0, 0.05) is 38.0 Å². The summed E-state index contributed by atoms with van der Waals surface area (Å²) in [6.45, 7) is 7.14. The minimum absolute atomic E-state index is 0.0996. The molecular weight excluding hydrogens is 328 g/mol. The normalized spacial score (nSPS) is 28.3. The van der Waals surface area contributed by atoms with Crippen molar-refractivity contribution in [3.63, 3.8) is 0 Å². The summed E-state index contributed by atoms with van der Waals surface area (Å²) in [6.07, 6.45) is 11.1. The van der Waals surface area contributed by atoms with E-state index in [1.165, 1.54) is 38.5 Å². The van der Waals surface area contributed by atoms with Crippen molar-refractivity contribution in [2.75, 3.05) is 39.3 Å². The van der Waals surface area contributed by atoms with Crippen molar-refractivity contribution in [3.8, 4) is 0 Å². The lowest BCUT2D eigenvalue weighted by atomic mass is 9.79. The number of nitrogens with one attached hydrogen (secondary N) is 2. The molecule has 1 spiro atoms. The van der Waals surface area contributed by atoms with Crippen molar-refractivity contribution in [2.24, 2.45) is 10.4 Å². The van der Waals surface area contributed by atoms with Crippen LogP contribution in [-0.2, 0) is 9.53 Å². The molecule has 0 radical (unpaired) electrons. The second-order valence-electron chi connectivity index (χ2n) is 8.20. The van der Waals surface area contributed by atoms with E-state index in [2.05, 4.69) is 22.5 Å². The molecule has 0 aromatic heterocycles. The molecular formula is C20H36N4O2. The monoisotopic (exact) mass is 364 g/mol. The van der Waals surface area contributed by atoms with E-state index in [1.807, 2.05) is 0 Å². The van der Waals surface area contributed by atoms with E-state index >= 15 is 0 Å². The molecule has 2 saturated heterocycles.